The van der Waals surface area contributed by atoms with Gasteiger partial charge in [0.05, 0.1) is 11.4 Å². The molecule has 1 aliphatic rings. The number of aromatic nitrogens is 2. The highest BCUT2D eigenvalue weighted by atomic mass is 16.3. The Bertz CT molecular complexity index is 1470. The minimum atomic E-state index is -0.291. The van der Waals surface area contributed by atoms with Crippen molar-refractivity contribution in [2.24, 2.45) is 0 Å². The van der Waals surface area contributed by atoms with Gasteiger partial charge < -0.3 is 15.7 Å². The number of nitrogens with one attached hydrogen (secondary N) is 2. The second-order valence-corrected chi connectivity index (χ2v) is 9.99. The van der Waals surface area contributed by atoms with Crippen LogP contribution in [0.25, 0.3) is 11.3 Å². The predicted octanol–water partition coefficient (Wildman–Crippen LogP) is 6.54. The number of phenolic OH excluding ortho intramolecular Hbond substituents is 1. The van der Waals surface area contributed by atoms with E-state index in [1.54, 1.807) is 18.2 Å². The SMILES string of the molecule is Cc1ccc(CNC(=O)n2nc(-c3ccc(NC(=O)c4ccccc4C)cc3O)cc2C2CCCC2)cc1. The maximum atomic E-state index is 13.2. The Morgan fingerprint density at radius 3 is 2.42 bits per heavy atom. The molecule has 0 atom stereocenters. The molecule has 194 valence electrons. The Morgan fingerprint density at radius 2 is 1.71 bits per heavy atom. The molecule has 1 saturated carbocycles. The van der Waals surface area contributed by atoms with Gasteiger partial charge in [0.1, 0.15) is 5.75 Å². The average Bonchev–Trinajstić information content (AvgIpc) is 3.59. The van der Waals surface area contributed by atoms with Crippen molar-refractivity contribution in [1.82, 2.24) is 15.1 Å². The third kappa shape index (κ3) is 5.47. The first-order valence-corrected chi connectivity index (χ1v) is 13.0. The quantitative estimate of drug-likeness (QED) is 0.275. The standard InChI is InChI=1S/C31H32N4O3/c1-20-11-13-22(14-12-20)19-32-31(38)35-28(23-8-4-5-9-23)18-27(34-35)26-16-15-24(17-29(26)36)33-30(37)25-10-6-3-7-21(25)2/h3,6-7,10-18,23,36H,4-5,8-9,19H2,1-2H3,(H,32,38)(H,33,37). The fourth-order valence-corrected chi connectivity index (χ4v) is 5.01. The van der Waals surface area contributed by atoms with E-state index in [1.165, 1.54) is 16.3 Å². The van der Waals surface area contributed by atoms with Gasteiger partial charge in [-0.1, -0.05) is 60.9 Å². The van der Waals surface area contributed by atoms with Crippen LogP contribution in [0, 0.1) is 13.8 Å². The Kier molecular flexibility index (Phi) is 7.26. The van der Waals surface area contributed by atoms with Gasteiger partial charge in [-0.15, -0.1) is 0 Å². The smallest absolute Gasteiger partial charge is 0.342 e. The van der Waals surface area contributed by atoms with Gasteiger partial charge in [-0.2, -0.15) is 9.78 Å². The van der Waals surface area contributed by atoms with Crippen LogP contribution in [0.1, 0.15) is 64.3 Å². The van der Waals surface area contributed by atoms with Gasteiger partial charge in [-0.05, 0) is 62.1 Å². The maximum absolute atomic E-state index is 13.2. The van der Waals surface area contributed by atoms with Crippen LogP contribution in [0.2, 0.25) is 0 Å². The predicted molar refractivity (Wildman–Crippen MR) is 148 cm³/mol. The second-order valence-electron chi connectivity index (χ2n) is 9.99. The molecule has 0 aliphatic heterocycles. The molecule has 3 aromatic carbocycles. The zero-order valence-electron chi connectivity index (χ0n) is 21.7. The van der Waals surface area contributed by atoms with E-state index in [1.807, 2.05) is 62.4 Å². The number of aryl methyl sites for hydroxylation is 2. The summed E-state index contributed by atoms with van der Waals surface area (Å²) in [5, 5.41) is 21.3. The van der Waals surface area contributed by atoms with Gasteiger partial charge in [0, 0.05) is 35.3 Å². The van der Waals surface area contributed by atoms with Gasteiger partial charge in [0.15, 0.2) is 0 Å². The largest absolute Gasteiger partial charge is 0.507 e. The first kappa shape index (κ1) is 25.3. The van der Waals surface area contributed by atoms with Crippen LogP contribution in [0.15, 0.2) is 72.8 Å². The van der Waals surface area contributed by atoms with E-state index in [4.69, 9.17) is 0 Å². The van der Waals surface area contributed by atoms with E-state index in [2.05, 4.69) is 15.7 Å². The highest BCUT2D eigenvalue weighted by molar-refractivity contribution is 6.05. The lowest BCUT2D eigenvalue weighted by atomic mass is 10.0. The number of nitrogens with zero attached hydrogens (tertiary/aromatic N) is 2. The zero-order valence-corrected chi connectivity index (χ0v) is 21.7. The van der Waals surface area contributed by atoms with Gasteiger partial charge in [-0.3, -0.25) is 4.79 Å². The van der Waals surface area contributed by atoms with Gasteiger partial charge in [0.2, 0.25) is 0 Å². The summed E-state index contributed by atoms with van der Waals surface area (Å²) in [7, 11) is 0. The highest BCUT2D eigenvalue weighted by Crippen LogP contribution is 2.38. The van der Waals surface area contributed by atoms with Crippen molar-refractivity contribution in [2.45, 2.75) is 52.0 Å². The summed E-state index contributed by atoms with van der Waals surface area (Å²) >= 11 is 0. The molecule has 0 radical (unpaired) electrons. The molecular formula is C31H32N4O3. The molecule has 38 heavy (non-hydrogen) atoms. The number of benzene rings is 3. The second kappa shape index (κ2) is 10.9. The fourth-order valence-electron chi connectivity index (χ4n) is 5.01. The molecule has 4 aromatic rings. The third-order valence-electron chi connectivity index (χ3n) is 7.19. The molecular weight excluding hydrogens is 476 g/mol. The van der Waals surface area contributed by atoms with Crippen molar-refractivity contribution in [1.29, 1.82) is 0 Å². The molecule has 1 fully saturated rings. The minimum Gasteiger partial charge on any atom is -0.507 e. The topological polar surface area (TPSA) is 96.3 Å². The molecule has 0 spiro atoms. The van der Waals surface area contributed by atoms with E-state index in [-0.39, 0.29) is 23.6 Å². The van der Waals surface area contributed by atoms with E-state index in [0.29, 0.717) is 29.1 Å². The molecule has 0 bridgehead atoms. The lowest BCUT2D eigenvalue weighted by molar-refractivity contribution is 0.102. The maximum Gasteiger partial charge on any atom is 0.342 e. The lowest BCUT2D eigenvalue weighted by Gasteiger charge is -2.12. The molecule has 3 N–H and O–H groups in total. The molecule has 7 heteroatoms. The van der Waals surface area contributed by atoms with Crippen molar-refractivity contribution < 1.29 is 14.7 Å². The normalized spacial score (nSPS) is 13.4. The average molecular weight is 509 g/mol. The summed E-state index contributed by atoms with van der Waals surface area (Å²) in [5.74, 6) is -0.0141. The number of rotatable bonds is 6. The van der Waals surface area contributed by atoms with Crippen LogP contribution in [-0.2, 0) is 6.54 Å². The zero-order chi connectivity index (χ0) is 26.6. The van der Waals surface area contributed by atoms with E-state index in [0.717, 1.165) is 42.5 Å². The number of hydrogen-bond donors (Lipinski definition) is 3. The Balaban J connectivity index is 1.38. The molecule has 2 amide bonds. The number of anilines is 1. The summed E-state index contributed by atoms with van der Waals surface area (Å²) in [5.41, 5.74) is 5.99. The van der Waals surface area contributed by atoms with Crippen LogP contribution < -0.4 is 10.6 Å². The molecule has 5 rings (SSSR count). The van der Waals surface area contributed by atoms with Crippen molar-refractivity contribution in [3.63, 3.8) is 0 Å². The van der Waals surface area contributed by atoms with E-state index < -0.39 is 0 Å². The van der Waals surface area contributed by atoms with Gasteiger partial charge in [-0.25, -0.2) is 4.79 Å². The lowest BCUT2D eigenvalue weighted by Crippen LogP contribution is -2.30. The van der Waals surface area contributed by atoms with Gasteiger partial charge in [0.25, 0.3) is 5.91 Å². The molecule has 1 heterocycles. The third-order valence-corrected chi connectivity index (χ3v) is 7.19. The first-order valence-electron chi connectivity index (χ1n) is 13.0. The van der Waals surface area contributed by atoms with Crippen LogP contribution >= 0.6 is 0 Å². The van der Waals surface area contributed by atoms with Crippen LogP contribution in [-0.4, -0.2) is 26.8 Å². The number of carbonyl (C=O) groups is 2. The van der Waals surface area contributed by atoms with Crippen molar-refractivity contribution in [3.8, 4) is 17.0 Å². The van der Waals surface area contributed by atoms with Crippen LogP contribution in [0.5, 0.6) is 5.75 Å². The number of carbonyl (C=O) groups excluding carboxylic acids is 2. The summed E-state index contributed by atoms with van der Waals surface area (Å²) in [4.78, 5) is 25.9. The molecule has 0 unspecified atom stereocenters. The number of phenols is 1. The Hall–Kier alpha value is -4.39. The fraction of sp³-hybridized carbons (Fsp3) is 0.258. The van der Waals surface area contributed by atoms with Crippen molar-refractivity contribution in [2.75, 3.05) is 5.32 Å². The Morgan fingerprint density at radius 1 is 0.974 bits per heavy atom. The van der Waals surface area contributed by atoms with Gasteiger partial charge >= 0.3 is 6.03 Å². The Labute approximate surface area is 222 Å². The summed E-state index contributed by atoms with van der Waals surface area (Å²) < 4.78 is 1.45. The monoisotopic (exact) mass is 508 g/mol. The minimum absolute atomic E-state index is 0.0183. The molecule has 1 aliphatic carbocycles. The van der Waals surface area contributed by atoms with E-state index in [9.17, 15) is 14.7 Å². The number of amides is 2. The molecule has 1 aromatic heterocycles. The van der Waals surface area contributed by atoms with Crippen molar-refractivity contribution >= 4 is 17.6 Å². The van der Waals surface area contributed by atoms with E-state index >= 15 is 0 Å². The highest BCUT2D eigenvalue weighted by Gasteiger charge is 2.26. The first-order chi connectivity index (χ1) is 18.4. The number of hydrogen-bond acceptors (Lipinski definition) is 4. The summed E-state index contributed by atoms with van der Waals surface area (Å²) in [6.45, 7) is 4.31. The van der Waals surface area contributed by atoms with Crippen LogP contribution in [0.4, 0.5) is 10.5 Å². The summed E-state index contributed by atoms with van der Waals surface area (Å²) in [6.07, 6.45) is 4.26. The van der Waals surface area contributed by atoms with Crippen molar-refractivity contribution in [3.05, 3.63) is 101 Å². The summed E-state index contributed by atoms with van der Waals surface area (Å²) in [6, 6.07) is 22.0. The molecule has 7 nitrogen and oxygen atoms in total. The van der Waals surface area contributed by atoms with Crippen LogP contribution in [0.3, 0.4) is 0 Å². The number of aromatic hydroxyl groups is 1. The molecule has 0 saturated heterocycles.